The summed E-state index contributed by atoms with van der Waals surface area (Å²) in [5.74, 6) is 1.15. The lowest BCUT2D eigenvalue weighted by atomic mass is 9.74. The Labute approximate surface area is 233 Å². The quantitative estimate of drug-likeness (QED) is 0.538. The van der Waals surface area contributed by atoms with Crippen LogP contribution in [0, 0.1) is 11.3 Å². The maximum atomic E-state index is 10.8. The molecule has 1 unspecified atom stereocenters. The summed E-state index contributed by atoms with van der Waals surface area (Å²) in [7, 11) is 0. The summed E-state index contributed by atoms with van der Waals surface area (Å²) in [6, 6.07) is 2.69. The van der Waals surface area contributed by atoms with Gasteiger partial charge in [0, 0.05) is 43.0 Å². The molecule has 39 heavy (non-hydrogen) atoms. The number of nitrogens with zero attached hydrogens (tertiary/aromatic N) is 7. The number of nitriles is 1. The number of piperidine rings is 1. The Kier molecular flexibility index (Phi) is 5.64. The zero-order valence-electron chi connectivity index (χ0n) is 22.6. The predicted molar refractivity (Wildman–Crippen MR) is 150 cm³/mol. The molecule has 4 aliphatic heterocycles. The number of nitrogen functional groups attached to an aromatic ring is 1. The van der Waals surface area contributed by atoms with Crippen molar-refractivity contribution in [2.24, 2.45) is 0 Å². The summed E-state index contributed by atoms with van der Waals surface area (Å²) < 4.78 is 6.38. The van der Waals surface area contributed by atoms with E-state index in [1.807, 2.05) is 6.92 Å². The Morgan fingerprint density at radius 3 is 2.64 bits per heavy atom. The first-order chi connectivity index (χ1) is 18.7. The number of nitrogens with two attached hydrogens (primary N) is 1. The van der Waals surface area contributed by atoms with E-state index < -0.39 is 5.60 Å². The van der Waals surface area contributed by atoms with Crippen LogP contribution in [0.2, 0.25) is 0 Å². The Morgan fingerprint density at radius 2 is 1.87 bits per heavy atom. The fraction of sp³-hybridized carbons (Fsp3) is 0.643. The summed E-state index contributed by atoms with van der Waals surface area (Å²) in [6.45, 7) is 11.4. The van der Waals surface area contributed by atoms with Crippen LogP contribution in [0.3, 0.4) is 0 Å². The van der Waals surface area contributed by atoms with Gasteiger partial charge in [0.25, 0.3) is 0 Å². The zero-order chi connectivity index (χ0) is 27.0. The molecular formula is C28H36N8O2S. The molecule has 0 saturated carbocycles. The molecule has 1 spiro atoms. The van der Waals surface area contributed by atoms with Crippen LogP contribution in [0.4, 0.5) is 16.9 Å². The second kappa shape index (κ2) is 8.78. The van der Waals surface area contributed by atoms with Gasteiger partial charge in [0.1, 0.15) is 17.7 Å². The van der Waals surface area contributed by atoms with E-state index in [1.54, 1.807) is 11.3 Å². The summed E-state index contributed by atoms with van der Waals surface area (Å²) in [5, 5.41) is 21.2. The number of aliphatic hydroxyl groups is 1. The monoisotopic (exact) mass is 548 g/mol. The van der Waals surface area contributed by atoms with Crippen LogP contribution in [-0.4, -0.2) is 82.0 Å². The van der Waals surface area contributed by atoms with Crippen molar-refractivity contribution >= 4 is 28.2 Å². The Balaban J connectivity index is 1.17. The van der Waals surface area contributed by atoms with Gasteiger partial charge >= 0.3 is 6.01 Å². The van der Waals surface area contributed by atoms with Crippen LogP contribution in [0.1, 0.15) is 61.5 Å². The number of aromatic nitrogens is 3. The second-order valence-corrected chi connectivity index (χ2v) is 13.7. The highest BCUT2D eigenvalue weighted by molar-refractivity contribution is 7.16. The Hall–Kier alpha value is -2.94. The molecule has 11 heteroatoms. The van der Waals surface area contributed by atoms with Crippen LogP contribution in [0.5, 0.6) is 6.01 Å². The largest absolute Gasteiger partial charge is 0.461 e. The Morgan fingerprint density at radius 1 is 1.10 bits per heavy atom. The number of aryl methyl sites for hydroxylation is 1. The van der Waals surface area contributed by atoms with Crippen LogP contribution in [-0.2, 0) is 11.8 Å². The minimum absolute atomic E-state index is 0.0214. The van der Waals surface area contributed by atoms with Gasteiger partial charge in [-0.25, -0.2) is 0 Å². The molecule has 2 atom stereocenters. The summed E-state index contributed by atoms with van der Waals surface area (Å²) in [4.78, 5) is 22.4. The standard InChI is InChI=1S/C28H36N8O2S/c1-18-11-28(7-4-10-36(28)13-18)17-38-25-32-23(34-9-3-6-26(2,37)14-34)31-24(33-25)35-15-27(16-35)8-5-20-21(27)19(12-29)22(30)39-20/h37H,1,3-11,13-17,30H2,2H3/t26-,28?/m1/s1. The normalized spacial score (nSPS) is 29.4. The molecule has 6 heterocycles. The van der Waals surface area contributed by atoms with Gasteiger partial charge in [0.2, 0.25) is 11.9 Å². The van der Waals surface area contributed by atoms with Crippen LogP contribution < -0.4 is 20.3 Å². The number of fused-ring (bicyclic) bond motifs is 3. The number of rotatable bonds is 5. The highest BCUT2D eigenvalue weighted by atomic mass is 32.1. The molecule has 0 radical (unpaired) electrons. The zero-order valence-corrected chi connectivity index (χ0v) is 23.4. The first-order valence-electron chi connectivity index (χ1n) is 14.0. The van der Waals surface area contributed by atoms with Crippen LogP contribution >= 0.6 is 11.3 Å². The van der Waals surface area contributed by atoms with Gasteiger partial charge in [0.05, 0.1) is 16.7 Å². The van der Waals surface area contributed by atoms with Crippen molar-refractivity contribution in [3.05, 3.63) is 28.2 Å². The molecule has 0 amide bonds. The minimum atomic E-state index is -0.785. The van der Waals surface area contributed by atoms with E-state index >= 15 is 0 Å². The van der Waals surface area contributed by atoms with Crippen molar-refractivity contribution in [1.29, 1.82) is 5.26 Å². The van der Waals surface area contributed by atoms with Gasteiger partial charge in [-0.2, -0.15) is 20.2 Å². The van der Waals surface area contributed by atoms with Crippen molar-refractivity contribution in [2.75, 3.05) is 61.4 Å². The predicted octanol–water partition coefficient (Wildman–Crippen LogP) is 2.62. The summed E-state index contributed by atoms with van der Waals surface area (Å²) in [5.41, 5.74) is 8.35. The molecule has 10 nitrogen and oxygen atoms in total. The summed E-state index contributed by atoms with van der Waals surface area (Å²) in [6.07, 6.45) is 6.82. The van der Waals surface area contributed by atoms with E-state index in [0.717, 1.165) is 76.8 Å². The van der Waals surface area contributed by atoms with Gasteiger partial charge in [0.15, 0.2) is 0 Å². The number of β-amino-alcohol motifs (C(OH)–C–C–N with tert-alkyl or cyclic N) is 1. The topological polar surface area (TPSA) is 128 Å². The van der Waals surface area contributed by atoms with Crippen LogP contribution in [0.15, 0.2) is 12.2 Å². The highest BCUT2D eigenvalue weighted by Gasteiger charge is 2.52. The molecular weight excluding hydrogens is 512 g/mol. The van der Waals surface area contributed by atoms with Crippen molar-refractivity contribution in [3.8, 4) is 12.1 Å². The summed E-state index contributed by atoms with van der Waals surface area (Å²) >= 11 is 1.56. The number of anilines is 3. The van der Waals surface area contributed by atoms with Gasteiger partial charge in [-0.05, 0) is 64.0 Å². The van der Waals surface area contributed by atoms with Gasteiger partial charge in [-0.3, -0.25) is 4.90 Å². The van der Waals surface area contributed by atoms with Gasteiger partial charge in [-0.15, -0.1) is 11.3 Å². The fourth-order valence-corrected chi connectivity index (χ4v) is 8.82. The average Bonchev–Trinajstić information content (AvgIpc) is 3.59. The third kappa shape index (κ3) is 4.07. The Bertz CT molecular complexity index is 1380. The molecule has 206 valence electrons. The highest BCUT2D eigenvalue weighted by Crippen LogP contribution is 2.52. The number of ether oxygens (including phenoxy) is 1. The van der Waals surface area contributed by atoms with E-state index in [1.165, 1.54) is 16.9 Å². The molecule has 4 fully saturated rings. The molecule has 3 N–H and O–H groups in total. The second-order valence-electron chi connectivity index (χ2n) is 12.6. The number of thiophene rings is 1. The third-order valence-corrected chi connectivity index (χ3v) is 10.6. The van der Waals surface area contributed by atoms with E-state index in [0.29, 0.717) is 41.6 Å². The third-order valence-electron chi connectivity index (χ3n) is 9.50. The lowest BCUT2D eigenvalue weighted by Gasteiger charge is -2.48. The maximum absolute atomic E-state index is 10.8. The van der Waals surface area contributed by atoms with Crippen molar-refractivity contribution in [3.63, 3.8) is 0 Å². The lowest BCUT2D eigenvalue weighted by molar-refractivity contribution is 0.0443. The SMILES string of the molecule is C=C1CN2CCCC2(COc2nc(N3CC4(CCc5sc(N)c(C#N)c54)C3)nc(N3CCC[C@@](C)(O)C3)n2)C1. The first kappa shape index (κ1) is 25.1. The smallest absolute Gasteiger partial charge is 0.323 e. The molecule has 1 aliphatic carbocycles. The van der Waals surface area contributed by atoms with Gasteiger partial charge < -0.3 is 25.4 Å². The molecule has 0 bridgehead atoms. The molecule has 7 rings (SSSR count). The van der Waals surface area contributed by atoms with E-state index in [9.17, 15) is 10.4 Å². The van der Waals surface area contributed by atoms with Gasteiger partial charge in [-0.1, -0.05) is 12.2 Å². The first-order valence-corrected chi connectivity index (χ1v) is 14.9. The van der Waals surface area contributed by atoms with Crippen molar-refractivity contribution < 1.29 is 9.84 Å². The molecule has 2 aromatic heterocycles. The van der Waals surface area contributed by atoms with Crippen LogP contribution in [0.25, 0.3) is 0 Å². The van der Waals surface area contributed by atoms with Crippen molar-refractivity contribution in [2.45, 2.75) is 68.4 Å². The minimum Gasteiger partial charge on any atom is -0.461 e. The maximum Gasteiger partial charge on any atom is 0.323 e. The van der Waals surface area contributed by atoms with Crippen molar-refractivity contribution in [1.82, 2.24) is 19.9 Å². The van der Waals surface area contributed by atoms with E-state index in [-0.39, 0.29) is 11.0 Å². The molecule has 5 aliphatic rings. The average molecular weight is 549 g/mol. The molecule has 4 saturated heterocycles. The van der Waals surface area contributed by atoms with E-state index in [2.05, 4.69) is 27.3 Å². The number of hydrogen-bond donors (Lipinski definition) is 2. The molecule has 2 aromatic rings. The fourth-order valence-electron chi connectivity index (χ4n) is 7.68. The lowest BCUT2D eigenvalue weighted by Crippen LogP contribution is -2.59. The number of hydrogen-bond acceptors (Lipinski definition) is 11. The van der Waals surface area contributed by atoms with E-state index in [4.69, 9.17) is 25.4 Å². The molecule has 0 aromatic carbocycles.